The number of aliphatic hydroxyl groups is 1. The standard InChI is InChI=1S/C27H24ClNO4/c1-3-17-10-12-18(13-11-17)24-23(25(30)21-16-20(33-4-2)14-15-22(21)28)26(31)27(32)29(24)19-8-6-5-7-9-19/h5-16,24,30H,3-4H2,1-2H3/b25-23+. The van der Waals surface area contributed by atoms with E-state index in [1.165, 1.54) is 4.90 Å². The number of para-hydroxylation sites is 1. The number of carbonyl (C=O) groups is 2. The number of nitrogens with zero attached hydrogens (tertiary/aromatic N) is 1. The van der Waals surface area contributed by atoms with E-state index in [4.69, 9.17) is 16.3 Å². The SMILES string of the molecule is CCOc1ccc(Cl)c(/C(O)=C2\C(=O)C(=O)N(c3ccccc3)C2c2ccc(CC)cc2)c1. The number of ketones is 1. The van der Waals surface area contributed by atoms with Gasteiger partial charge in [0, 0.05) is 11.3 Å². The number of ether oxygens (including phenoxy) is 1. The zero-order valence-corrected chi connectivity index (χ0v) is 19.2. The number of carbonyl (C=O) groups excluding carboxylic acids is 2. The van der Waals surface area contributed by atoms with E-state index < -0.39 is 17.7 Å². The van der Waals surface area contributed by atoms with Crippen LogP contribution in [0.5, 0.6) is 5.75 Å². The Morgan fingerprint density at radius 3 is 2.33 bits per heavy atom. The summed E-state index contributed by atoms with van der Waals surface area (Å²) < 4.78 is 5.54. The lowest BCUT2D eigenvalue weighted by atomic mass is 9.94. The molecule has 6 heteroatoms. The second-order valence-corrected chi connectivity index (χ2v) is 8.08. The zero-order chi connectivity index (χ0) is 23.5. The van der Waals surface area contributed by atoms with E-state index in [1.807, 2.05) is 37.3 Å². The minimum absolute atomic E-state index is 0.0105. The Bertz CT molecular complexity index is 1220. The maximum atomic E-state index is 13.2. The lowest BCUT2D eigenvalue weighted by Crippen LogP contribution is -2.29. The molecule has 1 N–H and O–H groups in total. The number of anilines is 1. The molecular formula is C27H24ClNO4. The van der Waals surface area contributed by atoms with Crippen LogP contribution in [0.25, 0.3) is 5.76 Å². The zero-order valence-electron chi connectivity index (χ0n) is 18.4. The monoisotopic (exact) mass is 461 g/mol. The van der Waals surface area contributed by atoms with E-state index in [-0.39, 0.29) is 21.9 Å². The fourth-order valence-electron chi connectivity index (χ4n) is 4.03. The minimum Gasteiger partial charge on any atom is -0.507 e. The molecule has 0 bridgehead atoms. The molecule has 1 aliphatic heterocycles. The van der Waals surface area contributed by atoms with Crippen molar-refractivity contribution >= 4 is 34.7 Å². The van der Waals surface area contributed by atoms with Gasteiger partial charge in [-0.25, -0.2) is 0 Å². The van der Waals surface area contributed by atoms with Crippen LogP contribution in [0.3, 0.4) is 0 Å². The van der Waals surface area contributed by atoms with Crippen LogP contribution in [0, 0.1) is 0 Å². The number of Topliss-reactive ketones (excluding diaryl/α,β-unsaturated/α-hetero) is 1. The molecule has 3 aromatic rings. The van der Waals surface area contributed by atoms with Gasteiger partial charge in [0.05, 0.1) is 23.2 Å². The lowest BCUT2D eigenvalue weighted by molar-refractivity contribution is -0.132. The first-order valence-electron chi connectivity index (χ1n) is 10.8. The Hall–Kier alpha value is -3.57. The van der Waals surface area contributed by atoms with Gasteiger partial charge < -0.3 is 9.84 Å². The number of rotatable bonds is 6. The van der Waals surface area contributed by atoms with Gasteiger partial charge in [-0.15, -0.1) is 0 Å². The van der Waals surface area contributed by atoms with Crippen molar-refractivity contribution in [1.82, 2.24) is 0 Å². The molecule has 1 heterocycles. The van der Waals surface area contributed by atoms with Crippen molar-refractivity contribution in [3.8, 4) is 5.75 Å². The van der Waals surface area contributed by atoms with E-state index in [0.29, 0.717) is 23.6 Å². The average Bonchev–Trinajstić information content (AvgIpc) is 3.11. The highest BCUT2D eigenvalue weighted by molar-refractivity contribution is 6.52. The fraction of sp³-hybridized carbons (Fsp3) is 0.185. The number of aryl methyl sites for hydroxylation is 1. The molecule has 3 aromatic carbocycles. The molecule has 33 heavy (non-hydrogen) atoms. The molecule has 0 spiro atoms. The summed E-state index contributed by atoms with van der Waals surface area (Å²) in [5.74, 6) is -1.30. The Labute approximate surface area is 197 Å². The van der Waals surface area contributed by atoms with Gasteiger partial charge in [0.1, 0.15) is 11.5 Å². The topological polar surface area (TPSA) is 66.8 Å². The molecule has 1 fully saturated rings. The summed E-state index contributed by atoms with van der Waals surface area (Å²) in [6.07, 6.45) is 0.860. The van der Waals surface area contributed by atoms with Crippen molar-refractivity contribution in [2.24, 2.45) is 0 Å². The molecule has 1 atom stereocenters. The molecule has 1 unspecified atom stereocenters. The lowest BCUT2D eigenvalue weighted by Gasteiger charge is -2.25. The molecule has 0 aromatic heterocycles. The molecule has 5 nitrogen and oxygen atoms in total. The molecular weight excluding hydrogens is 438 g/mol. The van der Waals surface area contributed by atoms with Crippen LogP contribution in [-0.4, -0.2) is 23.4 Å². The predicted molar refractivity (Wildman–Crippen MR) is 130 cm³/mol. The highest BCUT2D eigenvalue weighted by atomic mass is 35.5. The van der Waals surface area contributed by atoms with Crippen LogP contribution >= 0.6 is 11.6 Å². The maximum Gasteiger partial charge on any atom is 0.300 e. The first-order valence-corrected chi connectivity index (χ1v) is 11.2. The highest BCUT2D eigenvalue weighted by Crippen LogP contribution is 2.43. The van der Waals surface area contributed by atoms with Crippen LogP contribution < -0.4 is 9.64 Å². The van der Waals surface area contributed by atoms with Gasteiger partial charge in [-0.2, -0.15) is 0 Å². The number of aliphatic hydroxyl groups excluding tert-OH is 1. The normalized spacial score (nSPS) is 17.4. The van der Waals surface area contributed by atoms with Crippen molar-refractivity contribution < 1.29 is 19.4 Å². The van der Waals surface area contributed by atoms with Gasteiger partial charge in [0.2, 0.25) is 0 Å². The molecule has 0 radical (unpaired) electrons. The van der Waals surface area contributed by atoms with Crippen molar-refractivity contribution in [2.45, 2.75) is 26.3 Å². The largest absolute Gasteiger partial charge is 0.507 e. The minimum atomic E-state index is -0.801. The molecule has 1 saturated heterocycles. The molecule has 1 amide bonds. The van der Waals surface area contributed by atoms with Crippen LogP contribution in [0.2, 0.25) is 5.02 Å². The second kappa shape index (κ2) is 9.51. The Morgan fingerprint density at radius 2 is 1.70 bits per heavy atom. The summed E-state index contributed by atoms with van der Waals surface area (Å²) >= 11 is 6.38. The number of hydrogen-bond donors (Lipinski definition) is 1. The smallest absolute Gasteiger partial charge is 0.300 e. The maximum absolute atomic E-state index is 13.2. The third kappa shape index (κ3) is 4.24. The molecule has 0 aliphatic carbocycles. The van der Waals surface area contributed by atoms with Gasteiger partial charge in [-0.1, -0.05) is 61.0 Å². The van der Waals surface area contributed by atoms with E-state index in [1.54, 1.807) is 42.5 Å². The first kappa shape index (κ1) is 22.6. The summed E-state index contributed by atoms with van der Waals surface area (Å²) in [5.41, 5.74) is 2.64. The quantitative estimate of drug-likeness (QED) is 0.281. The summed E-state index contributed by atoms with van der Waals surface area (Å²) in [5, 5.41) is 11.6. The van der Waals surface area contributed by atoms with Crippen molar-refractivity contribution in [3.63, 3.8) is 0 Å². The average molecular weight is 462 g/mol. The fourth-order valence-corrected chi connectivity index (χ4v) is 4.23. The van der Waals surface area contributed by atoms with E-state index >= 15 is 0 Å². The summed E-state index contributed by atoms with van der Waals surface area (Å²) in [4.78, 5) is 27.9. The van der Waals surface area contributed by atoms with Gasteiger partial charge >= 0.3 is 0 Å². The summed E-state index contributed by atoms with van der Waals surface area (Å²) in [6.45, 7) is 4.34. The summed E-state index contributed by atoms with van der Waals surface area (Å²) in [7, 11) is 0. The molecule has 1 aliphatic rings. The number of halogens is 1. The Kier molecular flexibility index (Phi) is 6.52. The second-order valence-electron chi connectivity index (χ2n) is 7.67. The number of hydrogen-bond acceptors (Lipinski definition) is 4. The van der Waals surface area contributed by atoms with Crippen molar-refractivity contribution in [2.75, 3.05) is 11.5 Å². The third-order valence-electron chi connectivity index (χ3n) is 5.69. The van der Waals surface area contributed by atoms with Crippen molar-refractivity contribution in [1.29, 1.82) is 0 Å². The van der Waals surface area contributed by atoms with Gasteiger partial charge in [-0.05, 0) is 54.8 Å². The Balaban J connectivity index is 1.94. The first-order chi connectivity index (χ1) is 16.0. The number of benzene rings is 3. The molecule has 0 saturated carbocycles. The van der Waals surface area contributed by atoms with E-state index in [2.05, 4.69) is 6.92 Å². The summed E-state index contributed by atoms with van der Waals surface area (Å²) in [6, 6.07) is 20.7. The van der Waals surface area contributed by atoms with Crippen LogP contribution in [0.4, 0.5) is 5.69 Å². The van der Waals surface area contributed by atoms with Crippen LogP contribution in [0.1, 0.15) is 36.6 Å². The Morgan fingerprint density at radius 1 is 1.00 bits per heavy atom. The molecule has 4 rings (SSSR count). The van der Waals surface area contributed by atoms with Crippen molar-refractivity contribution in [3.05, 3.63) is 100 Å². The third-order valence-corrected chi connectivity index (χ3v) is 6.02. The van der Waals surface area contributed by atoms with E-state index in [9.17, 15) is 14.7 Å². The van der Waals surface area contributed by atoms with Crippen LogP contribution in [-0.2, 0) is 16.0 Å². The molecule has 168 valence electrons. The predicted octanol–water partition coefficient (Wildman–Crippen LogP) is 5.93. The van der Waals surface area contributed by atoms with E-state index in [0.717, 1.165) is 12.0 Å². The van der Waals surface area contributed by atoms with Gasteiger partial charge in [0.15, 0.2) is 0 Å². The van der Waals surface area contributed by atoms with Gasteiger partial charge in [-0.3, -0.25) is 14.5 Å². The van der Waals surface area contributed by atoms with Gasteiger partial charge in [0.25, 0.3) is 11.7 Å². The highest BCUT2D eigenvalue weighted by Gasteiger charge is 2.47. The number of amides is 1. The van der Waals surface area contributed by atoms with Crippen LogP contribution in [0.15, 0.2) is 78.4 Å².